The molecule has 0 aliphatic carbocycles. The van der Waals surface area contributed by atoms with Crippen LogP contribution in [0.1, 0.15) is 11.3 Å². The topological polar surface area (TPSA) is 87.6 Å². The number of likely N-dealkylation sites (tertiary alicyclic amines) is 1. The fraction of sp³-hybridized carbons (Fsp3) is 0.333. The average molecular weight is 417 g/mol. The predicted octanol–water partition coefficient (Wildman–Crippen LogP) is 2.40. The molecule has 3 aliphatic heterocycles. The van der Waals surface area contributed by atoms with E-state index < -0.39 is 17.4 Å². The summed E-state index contributed by atoms with van der Waals surface area (Å²) in [6.07, 6.45) is 7.87. The molecule has 7 heteroatoms. The van der Waals surface area contributed by atoms with Gasteiger partial charge in [-0.05, 0) is 30.2 Å². The number of aromatic nitrogens is 1. The smallest absolute Gasteiger partial charge is 0.230 e. The summed E-state index contributed by atoms with van der Waals surface area (Å²) in [6, 6.07) is 11.8. The van der Waals surface area contributed by atoms with Gasteiger partial charge >= 0.3 is 0 Å². The highest BCUT2D eigenvalue weighted by Crippen LogP contribution is 2.52. The second-order valence-corrected chi connectivity index (χ2v) is 8.57. The number of benzene rings is 1. The Bertz CT molecular complexity index is 1180. The summed E-state index contributed by atoms with van der Waals surface area (Å²) in [4.78, 5) is 31.3. The van der Waals surface area contributed by atoms with Crippen molar-refractivity contribution in [2.45, 2.75) is 24.7 Å². The van der Waals surface area contributed by atoms with E-state index in [4.69, 9.17) is 9.15 Å². The van der Waals surface area contributed by atoms with Gasteiger partial charge in [0.25, 0.3) is 0 Å². The molecule has 1 spiro atoms. The monoisotopic (exact) mass is 417 g/mol. The van der Waals surface area contributed by atoms with Crippen molar-refractivity contribution < 1.29 is 18.7 Å². The molecular weight excluding hydrogens is 394 g/mol. The van der Waals surface area contributed by atoms with Crippen molar-refractivity contribution >= 4 is 22.7 Å². The molecule has 0 saturated carbocycles. The van der Waals surface area contributed by atoms with Gasteiger partial charge in [0.15, 0.2) is 0 Å². The normalized spacial score (nSPS) is 28.6. The highest BCUT2D eigenvalue weighted by atomic mass is 16.5. The molecule has 7 nitrogen and oxygen atoms in total. The van der Waals surface area contributed by atoms with Crippen molar-refractivity contribution in [1.82, 2.24) is 15.2 Å². The number of carbonyl (C=O) groups is 2. The molecule has 2 amide bonds. The lowest BCUT2D eigenvalue weighted by Crippen LogP contribution is -2.44. The number of hydrogen-bond acceptors (Lipinski definition) is 4. The Morgan fingerprint density at radius 1 is 1.26 bits per heavy atom. The van der Waals surface area contributed by atoms with Gasteiger partial charge in [0.05, 0.1) is 37.3 Å². The zero-order chi connectivity index (χ0) is 21.0. The van der Waals surface area contributed by atoms with Gasteiger partial charge in [-0.2, -0.15) is 0 Å². The van der Waals surface area contributed by atoms with Crippen LogP contribution in [0.4, 0.5) is 0 Å². The standard InChI is InChI=1S/C24H23N3O4/c28-22(25-10-8-15-12-26-18-6-2-1-5-17(15)18)20-19-7-9-24(31-19)14-27(23(29)21(20)24)13-16-4-3-11-30-16/h1-7,9,11-12,19-21,26H,8,10,13-14H2,(H,25,28)/t19-,20+,21+,24-/m0/s1. The van der Waals surface area contributed by atoms with Gasteiger partial charge in [0, 0.05) is 23.6 Å². The van der Waals surface area contributed by atoms with Crippen LogP contribution in [-0.4, -0.2) is 46.5 Å². The second-order valence-electron chi connectivity index (χ2n) is 8.57. The summed E-state index contributed by atoms with van der Waals surface area (Å²) in [7, 11) is 0. The summed E-state index contributed by atoms with van der Waals surface area (Å²) in [5.74, 6) is -0.412. The van der Waals surface area contributed by atoms with Gasteiger partial charge in [0.2, 0.25) is 11.8 Å². The van der Waals surface area contributed by atoms with Crippen molar-refractivity contribution in [3.8, 4) is 0 Å². The number of amides is 2. The van der Waals surface area contributed by atoms with E-state index in [2.05, 4.69) is 16.4 Å². The van der Waals surface area contributed by atoms with E-state index in [1.165, 1.54) is 5.39 Å². The molecule has 2 aromatic heterocycles. The summed E-state index contributed by atoms with van der Waals surface area (Å²) in [5.41, 5.74) is 1.55. The van der Waals surface area contributed by atoms with Crippen LogP contribution in [0.3, 0.4) is 0 Å². The molecule has 3 aromatic rings. The largest absolute Gasteiger partial charge is 0.467 e. The maximum Gasteiger partial charge on any atom is 0.230 e. The van der Waals surface area contributed by atoms with Crippen molar-refractivity contribution in [1.29, 1.82) is 0 Å². The fourth-order valence-electron chi connectivity index (χ4n) is 5.38. The van der Waals surface area contributed by atoms with Crippen molar-refractivity contribution in [3.05, 3.63) is 72.3 Å². The van der Waals surface area contributed by atoms with E-state index in [0.29, 0.717) is 19.6 Å². The molecule has 6 rings (SSSR count). The van der Waals surface area contributed by atoms with Crippen LogP contribution >= 0.6 is 0 Å². The van der Waals surface area contributed by atoms with Gasteiger partial charge in [-0.1, -0.05) is 30.4 Å². The Kier molecular flexibility index (Phi) is 4.08. The van der Waals surface area contributed by atoms with Gasteiger partial charge < -0.3 is 24.4 Å². The highest BCUT2D eigenvalue weighted by Gasteiger charge is 2.66. The van der Waals surface area contributed by atoms with E-state index in [9.17, 15) is 9.59 Å². The van der Waals surface area contributed by atoms with Crippen LogP contribution in [-0.2, 0) is 27.3 Å². The summed E-state index contributed by atoms with van der Waals surface area (Å²) >= 11 is 0. The third kappa shape index (κ3) is 2.84. The van der Waals surface area contributed by atoms with E-state index in [-0.39, 0.29) is 17.9 Å². The number of hydrogen-bond donors (Lipinski definition) is 2. The Balaban J connectivity index is 1.15. The van der Waals surface area contributed by atoms with Crippen molar-refractivity contribution in [3.63, 3.8) is 0 Å². The van der Waals surface area contributed by atoms with Crippen LogP contribution < -0.4 is 5.32 Å². The number of nitrogens with one attached hydrogen (secondary N) is 2. The zero-order valence-corrected chi connectivity index (χ0v) is 16.9. The second kappa shape index (κ2) is 6.85. The van der Waals surface area contributed by atoms with Crippen molar-refractivity contribution in [2.75, 3.05) is 13.1 Å². The minimum Gasteiger partial charge on any atom is -0.467 e. The number of nitrogens with zero attached hydrogens (tertiary/aromatic N) is 1. The number of aromatic amines is 1. The summed E-state index contributed by atoms with van der Waals surface area (Å²) in [5, 5.41) is 4.21. The summed E-state index contributed by atoms with van der Waals surface area (Å²) < 4.78 is 11.6. The van der Waals surface area contributed by atoms with Crippen LogP contribution in [0, 0.1) is 11.8 Å². The molecule has 31 heavy (non-hydrogen) atoms. The number of rotatable bonds is 6. The van der Waals surface area contributed by atoms with Crippen LogP contribution in [0.15, 0.2) is 65.4 Å². The molecule has 0 radical (unpaired) electrons. The third-order valence-electron chi connectivity index (χ3n) is 6.78. The quantitative estimate of drug-likeness (QED) is 0.603. The number of ether oxygens (including phenoxy) is 1. The maximum atomic E-state index is 13.2. The molecule has 158 valence electrons. The van der Waals surface area contributed by atoms with Crippen LogP contribution in [0.5, 0.6) is 0 Å². The molecule has 2 fully saturated rings. The molecule has 2 N–H and O–H groups in total. The lowest BCUT2D eigenvalue weighted by atomic mass is 9.77. The van der Waals surface area contributed by atoms with Gasteiger partial charge in [-0.3, -0.25) is 9.59 Å². The Morgan fingerprint density at radius 3 is 3.03 bits per heavy atom. The average Bonchev–Trinajstić information content (AvgIpc) is 3.58. The first-order valence-electron chi connectivity index (χ1n) is 10.7. The molecule has 2 bridgehead atoms. The molecule has 5 heterocycles. The number of fused-ring (bicyclic) bond motifs is 2. The van der Waals surface area contributed by atoms with Crippen molar-refractivity contribution in [2.24, 2.45) is 11.8 Å². The first-order valence-corrected chi connectivity index (χ1v) is 10.7. The first-order chi connectivity index (χ1) is 15.1. The Morgan fingerprint density at radius 2 is 2.16 bits per heavy atom. The number of H-pyrrole nitrogens is 1. The number of carbonyl (C=O) groups excluding carboxylic acids is 2. The highest BCUT2D eigenvalue weighted by molar-refractivity contribution is 5.93. The fourth-order valence-corrected chi connectivity index (χ4v) is 5.38. The molecule has 3 aliphatic rings. The molecule has 0 unspecified atom stereocenters. The SMILES string of the molecule is O=C(NCCc1c[nH]c2ccccc12)[C@@H]1[C@@H]2C=C[C@@]3(CN(Cc4ccco4)C(=O)[C@@H]13)O2. The van der Waals surface area contributed by atoms with E-state index in [1.807, 2.05) is 42.6 Å². The van der Waals surface area contributed by atoms with Gasteiger partial charge in [-0.15, -0.1) is 0 Å². The zero-order valence-electron chi connectivity index (χ0n) is 16.9. The van der Waals surface area contributed by atoms with E-state index >= 15 is 0 Å². The van der Waals surface area contributed by atoms with Gasteiger partial charge in [-0.25, -0.2) is 0 Å². The third-order valence-corrected chi connectivity index (χ3v) is 6.78. The molecule has 4 atom stereocenters. The number of furan rings is 1. The maximum absolute atomic E-state index is 13.2. The van der Waals surface area contributed by atoms with Crippen LogP contribution in [0.2, 0.25) is 0 Å². The van der Waals surface area contributed by atoms with Gasteiger partial charge in [0.1, 0.15) is 11.4 Å². The lowest BCUT2D eigenvalue weighted by molar-refractivity contribution is -0.138. The lowest BCUT2D eigenvalue weighted by Gasteiger charge is -2.23. The first kappa shape index (κ1) is 18.4. The van der Waals surface area contributed by atoms with Crippen LogP contribution in [0.25, 0.3) is 10.9 Å². The minimum absolute atomic E-state index is 0.0416. The number of para-hydroxylation sites is 1. The Labute approximate surface area is 179 Å². The minimum atomic E-state index is -0.701. The van der Waals surface area contributed by atoms with E-state index in [0.717, 1.165) is 23.3 Å². The van der Waals surface area contributed by atoms with E-state index in [1.54, 1.807) is 17.2 Å². The molecular formula is C24H23N3O4. The molecule has 2 saturated heterocycles. The Hall–Kier alpha value is -3.32. The predicted molar refractivity (Wildman–Crippen MR) is 113 cm³/mol. The summed E-state index contributed by atoms with van der Waals surface area (Å²) in [6.45, 7) is 1.35. The molecule has 1 aromatic carbocycles.